The van der Waals surface area contributed by atoms with Gasteiger partial charge in [0.05, 0.1) is 23.4 Å². The fourth-order valence-electron chi connectivity index (χ4n) is 1.42. The second-order valence-electron chi connectivity index (χ2n) is 3.37. The van der Waals surface area contributed by atoms with Crippen LogP contribution >= 0.6 is 0 Å². The molecule has 0 aliphatic rings. The maximum absolute atomic E-state index is 12.4. The number of aromatic nitrogens is 1. The van der Waals surface area contributed by atoms with E-state index in [1.54, 1.807) is 12.1 Å². The largest absolute Gasteiger partial charge is 0.416 e. The summed E-state index contributed by atoms with van der Waals surface area (Å²) >= 11 is 0. The van der Waals surface area contributed by atoms with Gasteiger partial charge in [-0.25, -0.2) is 0 Å². The highest BCUT2D eigenvalue weighted by Gasteiger charge is 2.30. The Hall–Kier alpha value is -1.62. The predicted octanol–water partition coefficient (Wildman–Crippen LogP) is 2.75. The average Bonchev–Trinajstić information content (AvgIpc) is 2.26. The van der Waals surface area contributed by atoms with Gasteiger partial charge in [0.1, 0.15) is 0 Å². The predicted molar refractivity (Wildman–Crippen MR) is 52.7 cm³/mol. The molecule has 0 saturated heterocycles. The number of hydrogen-bond acceptors (Lipinski definition) is 2. The normalized spacial score (nSPS) is 12.0. The van der Waals surface area contributed by atoms with Crippen LogP contribution in [0.1, 0.15) is 11.3 Å². The molecular formula is C11H8F3NO. The summed E-state index contributed by atoms with van der Waals surface area (Å²) in [6.45, 7) is -0.286. The van der Waals surface area contributed by atoms with Gasteiger partial charge in [-0.1, -0.05) is 12.1 Å². The summed E-state index contributed by atoms with van der Waals surface area (Å²) in [6, 6.07) is 6.58. The van der Waals surface area contributed by atoms with Crippen LogP contribution in [0.3, 0.4) is 0 Å². The van der Waals surface area contributed by atoms with E-state index in [-0.39, 0.29) is 12.1 Å². The second kappa shape index (κ2) is 3.75. The maximum Gasteiger partial charge on any atom is 0.416 e. The summed E-state index contributed by atoms with van der Waals surface area (Å²) in [5.41, 5.74) is -0.143. The number of fused-ring (bicyclic) bond motifs is 1. The van der Waals surface area contributed by atoms with Crippen LogP contribution in [0.25, 0.3) is 10.9 Å². The summed E-state index contributed by atoms with van der Waals surface area (Å²) < 4.78 is 37.3. The van der Waals surface area contributed by atoms with E-state index in [0.29, 0.717) is 11.1 Å². The number of hydrogen-bond donors (Lipinski definition) is 1. The molecule has 0 aliphatic heterocycles. The highest BCUT2D eigenvalue weighted by atomic mass is 19.4. The minimum atomic E-state index is -4.37. The molecule has 0 saturated carbocycles. The molecule has 2 rings (SSSR count). The van der Waals surface area contributed by atoms with Crippen LogP contribution < -0.4 is 0 Å². The van der Waals surface area contributed by atoms with E-state index in [1.807, 2.05) is 0 Å². The summed E-state index contributed by atoms with van der Waals surface area (Å²) in [7, 11) is 0. The van der Waals surface area contributed by atoms with Gasteiger partial charge in [-0.3, -0.25) is 4.98 Å². The lowest BCUT2D eigenvalue weighted by Crippen LogP contribution is -2.04. The molecule has 1 N–H and O–H groups in total. The fourth-order valence-corrected chi connectivity index (χ4v) is 1.42. The third-order valence-electron chi connectivity index (χ3n) is 2.24. The molecule has 0 radical (unpaired) electrons. The quantitative estimate of drug-likeness (QED) is 0.812. The first-order valence-electron chi connectivity index (χ1n) is 4.58. The number of alkyl halides is 3. The Labute approximate surface area is 89.4 Å². The smallest absolute Gasteiger partial charge is 0.390 e. The molecule has 0 bridgehead atoms. The average molecular weight is 227 g/mol. The molecule has 0 fully saturated rings. The van der Waals surface area contributed by atoms with Crippen LogP contribution in [-0.2, 0) is 12.8 Å². The van der Waals surface area contributed by atoms with Crippen LogP contribution in [0.4, 0.5) is 13.2 Å². The molecule has 84 valence electrons. The lowest BCUT2D eigenvalue weighted by molar-refractivity contribution is -0.137. The monoisotopic (exact) mass is 227 g/mol. The second-order valence-corrected chi connectivity index (χ2v) is 3.37. The molecule has 0 aliphatic carbocycles. The Balaban J connectivity index is 2.59. The van der Waals surface area contributed by atoms with E-state index in [4.69, 9.17) is 5.11 Å². The van der Waals surface area contributed by atoms with Crippen LogP contribution in [-0.4, -0.2) is 10.1 Å². The zero-order valence-corrected chi connectivity index (χ0v) is 8.12. The molecule has 0 amide bonds. The zero-order valence-electron chi connectivity index (χ0n) is 8.12. The van der Waals surface area contributed by atoms with Gasteiger partial charge in [0.2, 0.25) is 0 Å². The Morgan fingerprint density at radius 1 is 1.12 bits per heavy atom. The van der Waals surface area contributed by atoms with E-state index in [0.717, 1.165) is 12.1 Å². The molecule has 0 atom stereocenters. The first kappa shape index (κ1) is 10.9. The lowest BCUT2D eigenvalue weighted by atomic mass is 10.1. The molecule has 5 heteroatoms. The number of halogens is 3. The molecule has 1 heterocycles. The number of rotatable bonds is 1. The van der Waals surface area contributed by atoms with E-state index in [2.05, 4.69) is 4.98 Å². The lowest BCUT2D eigenvalue weighted by Gasteiger charge is -2.07. The molecule has 0 spiro atoms. The van der Waals surface area contributed by atoms with Crippen LogP contribution in [0.2, 0.25) is 0 Å². The molecule has 0 unspecified atom stereocenters. The van der Waals surface area contributed by atoms with Crippen molar-refractivity contribution in [3.63, 3.8) is 0 Å². The van der Waals surface area contributed by atoms with Gasteiger partial charge >= 0.3 is 6.18 Å². The van der Waals surface area contributed by atoms with Crippen molar-refractivity contribution in [3.05, 3.63) is 41.6 Å². The van der Waals surface area contributed by atoms with Crippen molar-refractivity contribution in [1.29, 1.82) is 0 Å². The van der Waals surface area contributed by atoms with Gasteiger partial charge in [-0.15, -0.1) is 0 Å². The fraction of sp³-hybridized carbons (Fsp3) is 0.182. The molecular weight excluding hydrogens is 219 g/mol. The summed E-state index contributed by atoms with van der Waals surface area (Å²) in [6.07, 6.45) is -4.37. The molecule has 2 nitrogen and oxygen atoms in total. The van der Waals surface area contributed by atoms with Crippen molar-refractivity contribution >= 4 is 10.9 Å². The SMILES string of the molecule is OCc1ccc2ccc(C(F)(F)F)cc2n1. The van der Waals surface area contributed by atoms with E-state index in [9.17, 15) is 13.2 Å². The van der Waals surface area contributed by atoms with E-state index >= 15 is 0 Å². The molecule has 1 aromatic heterocycles. The van der Waals surface area contributed by atoms with Crippen LogP contribution in [0, 0.1) is 0 Å². The Kier molecular flexibility index (Phi) is 2.55. The highest BCUT2D eigenvalue weighted by molar-refractivity contribution is 5.79. The van der Waals surface area contributed by atoms with Crippen LogP contribution in [0.15, 0.2) is 30.3 Å². The number of pyridine rings is 1. The highest BCUT2D eigenvalue weighted by Crippen LogP contribution is 2.30. The summed E-state index contributed by atoms with van der Waals surface area (Å²) in [5, 5.41) is 9.46. The maximum atomic E-state index is 12.4. The first-order chi connectivity index (χ1) is 7.50. The van der Waals surface area contributed by atoms with Crippen LogP contribution in [0.5, 0.6) is 0 Å². The van der Waals surface area contributed by atoms with Gasteiger partial charge in [0.15, 0.2) is 0 Å². The topological polar surface area (TPSA) is 33.1 Å². The zero-order chi connectivity index (χ0) is 11.8. The van der Waals surface area contributed by atoms with Crippen molar-refractivity contribution in [2.45, 2.75) is 12.8 Å². The molecule has 16 heavy (non-hydrogen) atoms. The Morgan fingerprint density at radius 3 is 2.44 bits per heavy atom. The van der Waals surface area contributed by atoms with Gasteiger partial charge in [-0.2, -0.15) is 13.2 Å². The van der Waals surface area contributed by atoms with Gasteiger partial charge < -0.3 is 5.11 Å². The van der Waals surface area contributed by atoms with Crippen molar-refractivity contribution in [2.24, 2.45) is 0 Å². The minimum Gasteiger partial charge on any atom is -0.390 e. The third kappa shape index (κ3) is 1.99. The number of nitrogens with zero attached hydrogens (tertiary/aromatic N) is 1. The van der Waals surface area contributed by atoms with Crippen molar-refractivity contribution in [3.8, 4) is 0 Å². The van der Waals surface area contributed by atoms with Crippen molar-refractivity contribution < 1.29 is 18.3 Å². The van der Waals surface area contributed by atoms with Crippen molar-refractivity contribution in [1.82, 2.24) is 4.98 Å². The number of aliphatic hydroxyl groups excluding tert-OH is 1. The van der Waals surface area contributed by atoms with Gasteiger partial charge in [-0.05, 0) is 18.2 Å². The van der Waals surface area contributed by atoms with E-state index < -0.39 is 11.7 Å². The minimum absolute atomic E-state index is 0.237. The third-order valence-corrected chi connectivity index (χ3v) is 2.24. The molecule has 1 aromatic carbocycles. The number of benzene rings is 1. The van der Waals surface area contributed by atoms with Gasteiger partial charge in [0.25, 0.3) is 0 Å². The summed E-state index contributed by atoms with van der Waals surface area (Å²) in [5.74, 6) is 0. The van der Waals surface area contributed by atoms with Crippen molar-refractivity contribution in [2.75, 3.05) is 0 Å². The Bertz CT molecular complexity index is 522. The summed E-state index contributed by atoms with van der Waals surface area (Å²) in [4.78, 5) is 3.92. The van der Waals surface area contributed by atoms with E-state index in [1.165, 1.54) is 6.07 Å². The van der Waals surface area contributed by atoms with Gasteiger partial charge in [0, 0.05) is 5.39 Å². The molecule has 2 aromatic rings. The standard InChI is InChI=1S/C11H8F3NO/c12-11(13,14)8-3-1-7-2-4-9(6-16)15-10(7)5-8/h1-5,16H,6H2. The Morgan fingerprint density at radius 2 is 1.81 bits per heavy atom. The number of aliphatic hydroxyl groups is 1. The first-order valence-corrected chi connectivity index (χ1v) is 4.58.